The van der Waals surface area contributed by atoms with E-state index in [0.717, 1.165) is 12.0 Å². The molecule has 0 saturated carbocycles. The predicted molar refractivity (Wildman–Crippen MR) is 67.4 cm³/mol. The van der Waals surface area contributed by atoms with Gasteiger partial charge >= 0.3 is 0 Å². The van der Waals surface area contributed by atoms with Crippen LogP contribution in [0.5, 0.6) is 0 Å². The molecule has 86 valence electrons. The molecule has 3 nitrogen and oxygen atoms in total. The molecule has 0 saturated heterocycles. The topological polar surface area (TPSA) is 55.1 Å². The molecule has 3 N–H and O–H groups in total. The van der Waals surface area contributed by atoms with Crippen molar-refractivity contribution in [2.75, 3.05) is 12.3 Å². The summed E-state index contributed by atoms with van der Waals surface area (Å²) in [5, 5.41) is 2.85. The van der Waals surface area contributed by atoms with Crippen LogP contribution in [0.4, 0.5) is 5.69 Å². The van der Waals surface area contributed by atoms with Crippen molar-refractivity contribution in [1.29, 1.82) is 0 Å². The zero-order valence-corrected chi connectivity index (χ0v) is 9.79. The van der Waals surface area contributed by atoms with Crippen molar-refractivity contribution in [3.05, 3.63) is 41.5 Å². The number of anilines is 1. The number of nitrogens with two attached hydrogens (primary N) is 1. The van der Waals surface area contributed by atoms with Crippen LogP contribution in [0.2, 0.25) is 0 Å². The van der Waals surface area contributed by atoms with Crippen LogP contribution >= 0.6 is 0 Å². The number of hydrogen-bond donors (Lipinski definition) is 2. The Balaban J connectivity index is 2.66. The van der Waals surface area contributed by atoms with Crippen molar-refractivity contribution in [2.45, 2.75) is 20.3 Å². The summed E-state index contributed by atoms with van der Waals surface area (Å²) in [6, 6.07) is 5.48. The Labute approximate surface area is 96.3 Å². The van der Waals surface area contributed by atoms with Crippen LogP contribution < -0.4 is 11.1 Å². The minimum absolute atomic E-state index is 0.0971. The van der Waals surface area contributed by atoms with E-state index >= 15 is 0 Å². The van der Waals surface area contributed by atoms with Crippen LogP contribution in [0.15, 0.2) is 30.4 Å². The lowest BCUT2D eigenvalue weighted by molar-refractivity contribution is 0.0954. The Bertz CT molecular complexity index is 377. The van der Waals surface area contributed by atoms with Gasteiger partial charge in [0.25, 0.3) is 5.91 Å². The van der Waals surface area contributed by atoms with Crippen molar-refractivity contribution in [3.8, 4) is 0 Å². The molecule has 1 aromatic carbocycles. The number of carbonyl (C=O) groups excluding carboxylic acids is 1. The molecule has 1 aromatic rings. The van der Waals surface area contributed by atoms with E-state index < -0.39 is 0 Å². The molecule has 1 rings (SSSR count). The summed E-state index contributed by atoms with van der Waals surface area (Å²) in [5.74, 6) is -0.0971. The summed E-state index contributed by atoms with van der Waals surface area (Å²) >= 11 is 0. The van der Waals surface area contributed by atoms with Gasteiger partial charge in [0.15, 0.2) is 0 Å². The first-order chi connectivity index (χ1) is 7.66. The van der Waals surface area contributed by atoms with E-state index in [9.17, 15) is 4.79 Å². The highest BCUT2D eigenvalue weighted by Crippen LogP contribution is 2.15. The minimum atomic E-state index is -0.0971. The van der Waals surface area contributed by atoms with E-state index in [1.54, 1.807) is 6.07 Å². The molecule has 0 aliphatic rings. The van der Waals surface area contributed by atoms with E-state index in [1.165, 1.54) is 0 Å². The Hall–Kier alpha value is -1.77. The highest BCUT2D eigenvalue weighted by Gasteiger charge is 2.10. The summed E-state index contributed by atoms with van der Waals surface area (Å²) in [6.07, 6.45) is 4.82. The number of carbonyl (C=O) groups is 1. The molecule has 0 fully saturated rings. The minimum Gasteiger partial charge on any atom is -0.398 e. The summed E-state index contributed by atoms with van der Waals surface area (Å²) in [5.41, 5.74) is 7.80. The Morgan fingerprint density at radius 1 is 1.50 bits per heavy atom. The molecule has 0 heterocycles. The van der Waals surface area contributed by atoms with E-state index in [2.05, 4.69) is 5.32 Å². The summed E-state index contributed by atoms with van der Waals surface area (Å²) in [7, 11) is 0. The second-order valence-electron chi connectivity index (χ2n) is 3.65. The molecule has 0 aliphatic carbocycles. The van der Waals surface area contributed by atoms with Crippen LogP contribution in [0, 0.1) is 6.92 Å². The maximum absolute atomic E-state index is 11.8. The number of allylic oxidation sites excluding steroid dienone is 1. The van der Waals surface area contributed by atoms with Crippen molar-refractivity contribution >= 4 is 11.6 Å². The van der Waals surface area contributed by atoms with Gasteiger partial charge < -0.3 is 11.1 Å². The SMILES string of the molecule is C/C=C/CCNC(=O)c1c(C)cccc1N. The average Bonchev–Trinajstić information content (AvgIpc) is 2.24. The van der Waals surface area contributed by atoms with Gasteiger partial charge in [0.1, 0.15) is 0 Å². The third-order valence-corrected chi connectivity index (χ3v) is 2.36. The fourth-order valence-electron chi connectivity index (χ4n) is 1.52. The first-order valence-electron chi connectivity index (χ1n) is 5.41. The standard InChI is InChI=1S/C13H18N2O/c1-3-4-5-9-15-13(16)12-10(2)7-6-8-11(12)14/h3-4,6-8H,5,9,14H2,1-2H3,(H,15,16)/b4-3+. The Kier molecular flexibility index (Phi) is 4.58. The largest absolute Gasteiger partial charge is 0.398 e. The van der Waals surface area contributed by atoms with Crippen molar-refractivity contribution in [1.82, 2.24) is 5.32 Å². The van der Waals surface area contributed by atoms with Crippen molar-refractivity contribution in [2.24, 2.45) is 0 Å². The van der Waals surface area contributed by atoms with Crippen molar-refractivity contribution < 1.29 is 4.79 Å². The molecule has 0 bridgehead atoms. The number of rotatable bonds is 4. The van der Waals surface area contributed by atoms with Gasteiger partial charge in [0.05, 0.1) is 5.56 Å². The maximum atomic E-state index is 11.8. The van der Waals surface area contributed by atoms with Crippen LogP contribution in [-0.2, 0) is 0 Å². The van der Waals surface area contributed by atoms with Gasteiger partial charge in [-0.05, 0) is 31.9 Å². The monoisotopic (exact) mass is 218 g/mol. The quantitative estimate of drug-likeness (QED) is 0.463. The van der Waals surface area contributed by atoms with E-state index in [0.29, 0.717) is 17.8 Å². The molecule has 0 radical (unpaired) electrons. The van der Waals surface area contributed by atoms with E-state index in [-0.39, 0.29) is 5.91 Å². The first-order valence-corrected chi connectivity index (χ1v) is 5.41. The summed E-state index contributed by atoms with van der Waals surface area (Å²) in [6.45, 7) is 4.48. The lowest BCUT2D eigenvalue weighted by Gasteiger charge is -2.09. The lowest BCUT2D eigenvalue weighted by Crippen LogP contribution is -2.25. The highest BCUT2D eigenvalue weighted by atomic mass is 16.1. The average molecular weight is 218 g/mol. The van der Waals surface area contributed by atoms with Crippen LogP contribution in [-0.4, -0.2) is 12.5 Å². The molecule has 0 aromatic heterocycles. The van der Waals surface area contributed by atoms with Gasteiger partial charge in [-0.15, -0.1) is 0 Å². The van der Waals surface area contributed by atoms with Crippen LogP contribution in [0.3, 0.4) is 0 Å². The van der Waals surface area contributed by atoms with Crippen LogP contribution in [0.25, 0.3) is 0 Å². The normalized spacial score (nSPS) is 10.6. The van der Waals surface area contributed by atoms with E-state index in [4.69, 9.17) is 5.73 Å². The second-order valence-corrected chi connectivity index (χ2v) is 3.65. The number of nitrogen functional groups attached to an aromatic ring is 1. The molecular weight excluding hydrogens is 200 g/mol. The van der Waals surface area contributed by atoms with Crippen molar-refractivity contribution in [3.63, 3.8) is 0 Å². The predicted octanol–water partition coefficient (Wildman–Crippen LogP) is 2.27. The molecule has 0 spiro atoms. The van der Waals surface area contributed by atoms with Gasteiger partial charge in [0.2, 0.25) is 0 Å². The lowest BCUT2D eigenvalue weighted by atomic mass is 10.1. The zero-order valence-electron chi connectivity index (χ0n) is 9.79. The smallest absolute Gasteiger partial charge is 0.253 e. The molecule has 1 amide bonds. The number of nitrogens with one attached hydrogen (secondary N) is 1. The zero-order chi connectivity index (χ0) is 12.0. The Morgan fingerprint density at radius 3 is 2.88 bits per heavy atom. The molecule has 0 unspecified atom stereocenters. The van der Waals surface area contributed by atoms with E-state index in [1.807, 2.05) is 38.1 Å². The molecule has 16 heavy (non-hydrogen) atoms. The fourth-order valence-corrected chi connectivity index (χ4v) is 1.52. The number of hydrogen-bond acceptors (Lipinski definition) is 2. The Morgan fingerprint density at radius 2 is 2.25 bits per heavy atom. The van der Waals surface area contributed by atoms with Gasteiger partial charge in [-0.1, -0.05) is 24.3 Å². The molecule has 0 aliphatic heterocycles. The van der Waals surface area contributed by atoms with Gasteiger partial charge in [-0.2, -0.15) is 0 Å². The molecule has 3 heteroatoms. The van der Waals surface area contributed by atoms with Crippen LogP contribution in [0.1, 0.15) is 29.3 Å². The third-order valence-electron chi connectivity index (χ3n) is 2.36. The number of aryl methyl sites for hydroxylation is 1. The maximum Gasteiger partial charge on any atom is 0.253 e. The summed E-state index contributed by atoms with van der Waals surface area (Å²) in [4.78, 5) is 11.8. The third kappa shape index (κ3) is 3.12. The van der Waals surface area contributed by atoms with Gasteiger partial charge in [0, 0.05) is 12.2 Å². The highest BCUT2D eigenvalue weighted by molar-refractivity contribution is 6.00. The van der Waals surface area contributed by atoms with Gasteiger partial charge in [-0.3, -0.25) is 4.79 Å². The number of benzene rings is 1. The second kappa shape index (κ2) is 5.95. The van der Waals surface area contributed by atoms with Gasteiger partial charge in [-0.25, -0.2) is 0 Å². The number of amides is 1. The molecular formula is C13H18N2O. The summed E-state index contributed by atoms with van der Waals surface area (Å²) < 4.78 is 0. The molecule has 0 atom stereocenters. The fraction of sp³-hybridized carbons (Fsp3) is 0.308. The first kappa shape index (κ1) is 12.3.